The second-order valence-electron chi connectivity index (χ2n) is 3.91. The van der Waals surface area contributed by atoms with E-state index in [0.717, 1.165) is 25.1 Å². The van der Waals surface area contributed by atoms with E-state index >= 15 is 0 Å². The van der Waals surface area contributed by atoms with Crippen molar-refractivity contribution < 1.29 is 13.2 Å². The largest absolute Gasteiger partial charge is 0.417 e. The molecule has 2 N–H and O–H groups in total. The van der Waals surface area contributed by atoms with Gasteiger partial charge in [0.1, 0.15) is 0 Å². The number of hydrogen-bond donors (Lipinski definition) is 1. The summed E-state index contributed by atoms with van der Waals surface area (Å²) in [5, 5.41) is 0. The van der Waals surface area contributed by atoms with Gasteiger partial charge in [0.2, 0.25) is 0 Å². The first-order chi connectivity index (χ1) is 6.98. The number of rotatable bonds is 2. The van der Waals surface area contributed by atoms with Crippen molar-refractivity contribution in [2.75, 3.05) is 6.54 Å². The van der Waals surface area contributed by atoms with E-state index in [9.17, 15) is 13.2 Å². The van der Waals surface area contributed by atoms with E-state index in [1.165, 1.54) is 6.07 Å². The lowest BCUT2D eigenvalue weighted by atomic mass is 10.0. The first kappa shape index (κ1) is 10.4. The van der Waals surface area contributed by atoms with Gasteiger partial charge < -0.3 is 5.73 Å². The first-order valence-corrected chi connectivity index (χ1v) is 4.72. The highest BCUT2D eigenvalue weighted by molar-refractivity contribution is 5.28. The van der Waals surface area contributed by atoms with E-state index in [2.05, 4.69) is 4.98 Å². The van der Waals surface area contributed by atoms with Gasteiger partial charge in [-0.05, 0) is 25.0 Å². The Balaban J connectivity index is 2.25. The third kappa shape index (κ3) is 1.84. The van der Waals surface area contributed by atoms with E-state index < -0.39 is 11.7 Å². The Morgan fingerprint density at radius 2 is 2.00 bits per heavy atom. The molecule has 2 nitrogen and oxygen atoms in total. The summed E-state index contributed by atoms with van der Waals surface area (Å²) >= 11 is 0. The predicted molar refractivity (Wildman–Crippen MR) is 49.2 cm³/mol. The second kappa shape index (κ2) is 3.20. The monoisotopic (exact) mass is 216 g/mol. The molecule has 0 unspecified atom stereocenters. The van der Waals surface area contributed by atoms with Gasteiger partial charge in [-0.25, -0.2) is 0 Å². The summed E-state index contributed by atoms with van der Waals surface area (Å²) in [5.41, 5.74) is 5.38. The van der Waals surface area contributed by atoms with Gasteiger partial charge in [-0.1, -0.05) is 0 Å². The van der Waals surface area contributed by atoms with Crippen LogP contribution in [0.5, 0.6) is 0 Å². The average Bonchev–Trinajstić information content (AvgIpc) is 2.97. The molecule has 1 saturated carbocycles. The minimum atomic E-state index is -4.31. The summed E-state index contributed by atoms with van der Waals surface area (Å²) in [6, 6.07) is 2.50. The lowest BCUT2D eigenvalue weighted by Gasteiger charge is -2.12. The molecule has 1 aliphatic carbocycles. The first-order valence-electron chi connectivity index (χ1n) is 4.72. The number of pyridine rings is 1. The molecule has 2 rings (SSSR count). The van der Waals surface area contributed by atoms with E-state index in [-0.39, 0.29) is 5.41 Å². The van der Waals surface area contributed by atoms with Gasteiger partial charge in [-0.3, -0.25) is 4.98 Å². The number of aromatic nitrogens is 1. The maximum absolute atomic E-state index is 12.2. The molecular weight excluding hydrogens is 205 g/mol. The van der Waals surface area contributed by atoms with Gasteiger partial charge in [0.25, 0.3) is 0 Å². The summed E-state index contributed by atoms with van der Waals surface area (Å²) in [6.45, 7) is 0.450. The van der Waals surface area contributed by atoms with Crippen LogP contribution in [0.4, 0.5) is 13.2 Å². The highest BCUT2D eigenvalue weighted by Crippen LogP contribution is 2.46. The predicted octanol–water partition coefficient (Wildman–Crippen LogP) is 2.09. The third-order valence-electron chi connectivity index (χ3n) is 2.88. The normalized spacial score (nSPS) is 18.9. The summed E-state index contributed by atoms with van der Waals surface area (Å²) in [7, 11) is 0. The summed E-state index contributed by atoms with van der Waals surface area (Å²) in [4.78, 5) is 3.85. The number of halogens is 3. The Hall–Kier alpha value is -1.10. The molecule has 0 aromatic carbocycles. The molecule has 5 heteroatoms. The van der Waals surface area contributed by atoms with Crippen molar-refractivity contribution in [1.29, 1.82) is 0 Å². The van der Waals surface area contributed by atoms with Crippen LogP contribution in [0.2, 0.25) is 0 Å². The van der Waals surface area contributed by atoms with Crippen molar-refractivity contribution in [2.45, 2.75) is 24.4 Å². The molecular formula is C10H11F3N2. The minimum absolute atomic E-state index is 0.149. The summed E-state index contributed by atoms with van der Waals surface area (Å²) in [6.07, 6.45) is -1.60. The Morgan fingerprint density at radius 1 is 1.33 bits per heavy atom. The summed E-state index contributed by atoms with van der Waals surface area (Å²) in [5.74, 6) is 0. The molecule has 0 aliphatic heterocycles. The molecule has 1 fully saturated rings. The molecule has 0 radical (unpaired) electrons. The van der Waals surface area contributed by atoms with Gasteiger partial charge in [-0.2, -0.15) is 13.2 Å². The van der Waals surface area contributed by atoms with Crippen LogP contribution in [-0.2, 0) is 11.6 Å². The Labute approximate surface area is 85.3 Å². The van der Waals surface area contributed by atoms with Crippen molar-refractivity contribution in [3.63, 3.8) is 0 Å². The molecule has 1 aromatic rings. The second-order valence-corrected chi connectivity index (χ2v) is 3.91. The van der Waals surface area contributed by atoms with Gasteiger partial charge in [0.15, 0.2) is 0 Å². The zero-order chi connectivity index (χ0) is 11.1. The van der Waals surface area contributed by atoms with Gasteiger partial charge in [0.05, 0.1) is 5.56 Å². The van der Waals surface area contributed by atoms with Crippen molar-refractivity contribution in [3.05, 3.63) is 29.6 Å². The third-order valence-corrected chi connectivity index (χ3v) is 2.88. The molecule has 1 aromatic heterocycles. The molecule has 0 amide bonds. The van der Waals surface area contributed by atoms with Crippen molar-refractivity contribution in [3.8, 4) is 0 Å². The number of alkyl halides is 3. The van der Waals surface area contributed by atoms with E-state index in [1.54, 1.807) is 0 Å². The van der Waals surface area contributed by atoms with Crippen LogP contribution in [0.25, 0.3) is 0 Å². The number of nitrogens with two attached hydrogens (primary N) is 1. The van der Waals surface area contributed by atoms with Crippen molar-refractivity contribution >= 4 is 0 Å². The zero-order valence-corrected chi connectivity index (χ0v) is 8.01. The van der Waals surface area contributed by atoms with Crippen LogP contribution in [-0.4, -0.2) is 11.5 Å². The fourth-order valence-corrected chi connectivity index (χ4v) is 1.59. The van der Waals surface area contributed by atoms with Crippen LogP contribution in [0.15, 0.2) is 18.3 Å². The fraction of sp³-hybridized carbons (Fsp3) is 0.500. The van der Waals surface area contributed by atoms with Gasteiger partial charge in [0, 0.05) is 23.9 Å². The fourth-order valence-electron chi connectivity index (χ4n) is 1.59. The van der Waals surface area contributed by atoms with Crippen molar-refractivity contribution in [1.82, 2.24) is 4.98 Å². The molecule has 0 atom stereocenters. The number of hydrogen-bond acceptors (Lipinski definition) is 2. The van der Waals surface area contributed by atoms with E-state index in [4.69, 9.17) is 5.73 Å². The lowest BCUT2D eigenvalue weighted by molar-refractivity contribution is -0.137. The Bertz CT molecular complexity index is 352. The molecule has 0 bridgehead atoms. The molecule has 15 heavy (non-hydrogen) atoms. The quantitative estimate of drug-likeness (QED) is 0.822. The highest BCUT2D eigenvalue weighted by Gasteiger charge is 2.44. The molecule has 1 heterocycles. The van der Waals surface area contributed by atoms with Crippen LogP contribution < -0.4 is 5.73 Å². The van der Waals surface area contributed by atoms with E-state index in [0.29, 0.717) is 12.2 Å². The van der Waals surface area contributed by atoms with E-state index in [1.807, 2.05) is 0 Å². The Kier molecular flexibility index (Phi) is 2.22. The molecule has 0 saturated heterocycles. The number of nitrogens with zero attached hydrogens (tertiary/aromatic N) is 1. The van der Waals surface area contributed by atoms with Gasteiger partial charge >= 0.3 is 6.18 Å². The maximum Gasteiger partial charge on any atom is 0.417 e. The van der Waals surface area contributed by atoms with Crippen LogP contribution >= 0.6 is 0 Å². The summed E-state index contributed by atoms with van der Waals surface area (Å²) < 4.78 is 36.7. The minimum Gasteiger partial charge on any atom is -0.330 e. The zero-order valence-electron chi connectivity index (χ0n) is 8.01. The van der Waals surface area contributed by atoms with Gasteiger partial charge in [-0.15, -0.1) is 0 Å². The van der Waals surface area contributed by atoms with Crippen LogP contribution in [0.1, 0.15) is 24.1 Å². The lowest BCUT2D eigenvalue weighted by Crippen LogP contribution is -2.21. The topological polar surface area (TPSA) is 38.9 Å². The van der Waals surface area contributed by atoms with Crippen molar-refractivity contribution in [2.24, 2.45) is 5.73 Å². The standard InChI is InChI=1S/C10H11F3N2/c11-10(12,13)7-1-2-8(15-5-7)9(6-14)3-4-9/h1-2,5H,3-4,6,14H2. The molecule has 82 valence electrons. The smallest absolute Gasteiger partial charge is 0.330 e. The van der Waals surface area contributed by atoms with Crippen LogP contribution in [0, 0.1) is 0 Å². The average molecular weight is 216 g/mol. The molecule has 0 spiro atoms. The molecule has 1 aliphatic rings. The highest BCUT2D eigenvalue weighted by atomic mass is 19.4. The maximum atomic E-state index is 12.2. The SMILES string of the molecule is NCC1(c2ccc(C(F)(F)F)cn2)CC1. The Morgan fingerprint density at radius 3 is 2.33 bits per heavy atom. The van der Waals surface area contributed by atoms with Crippen LogP contribution in [0.3, 0.4) is 0 Å².